The molecule has 1 aromatic heterocycles. The summed E-state index contributed by atoms with van der Waals surface area (Å²) >= 11 is 0. The molecule has 1 aliphatic heterocycles. The standard InChI is InChI=1S/C22H23N5O2/c1-29-19-10-3-2-9-18(19)26-22(28)25-17-8-6-7-16(15-17)20-21(24-12-11-23-20)27-13-4-5-14-27/h2-3,6-12,15H,4-5,13-14H2,1H3,(H2,25,26,28). The minimum atomic E-state index is -0.342. The van der Waals surface area contributed by atoms with Crippen molar-refractivity contribution in [3.63, 3.8) is 0 Å². The van der Waals surface area contributed by atoms with E-state index in [2.05, 4.69) is 25.5 Å². The van der Waals surface area contributed by atoms with Crippen LogP contribution in [0.4, 0.5) is 22.0 Å². The number of aromatic nitrogens is 2. The van der Waals surface area contributed by atoms with Gasteiger partial charge in [-0.15, -0.1) is 0 Å². The van der Waals surface area contributed by atoms with Crippen molar-refractivity contribution in [1.82, 2.24) is 9.97 Å². The summed E-state index contributed by atoms with van der Waals surface area (Å²) in [6.45, 7) is 1.98. The predicted molar refractivity (Wildman–Crippen MR) is 115 cm³/mol. The van der Waals surface area contributed by atoms with Crippen LogP contribution in [-0.4, -0.2) is 36.2 Å². The van der Waals surface area contributed by atoms with Gasteiger partial charge in [-0.2, -0.15) is 0 Å². The zero-order valence-electron chi connectivity index (χ0n) is 16.3. The number of para-hydroxylation sites is 2. The molecule has 4 rings (SSSR count). The van der Waals surface area contributed by atoms with Gasteiger partial charge in [0.1, 0.15) is 11.4 Å². The Balaban J connectivity index is 1.53. The molecule has 29 heavy (non-hydrogen) atoms. The maximum absolute atomic E-state index is 12.5. The van der Waals surface area contributed by atoms with Crippen molar-refractivity contribution in [2.45, 2.75) is 12.8 Å². The van der Waals surface area contributed by atoms with Crippen molar-refractivity contribution in [2.75, 3.05) is 35.7 Å². The molecule has 0 saturated carbocycles. The lowest BCUT2D eigenvalue weighted by atomic mass is 10.1. The Hall–Kier alpha value is -3.61. The number of nitrogens with one attached hydrogen (secondary N) is 2. The SMILES string of the molecule is COc1ccccc1NC(=O)Nc1cccc(-c2nccnc2N2CCCC2)c1. The van der Waals surface area contributed by atoms with Crippen LogP contribution in [0.2, 0.25) is 0 Å². The van der Waals surface area contributed by atoms with E-state index in [1.165, 1.54) is 12.8 Å². The van der Waals surface area contributed by atoms with Gasteiger partial charge in [-0.1, -0.05) is 24.3 Å². The van der Waals surface area contributed by atoms with Gasteiger partial charge in [0, 0.05) is 36.7 Å². The molecule has 2 N–H and O–H groups in total. The van der Waals surface area contributed by atoms with Gasteiger partial charge in [-0.25, -0.2) is 9.78 Å². The molecule has 2 amide bonds. The lowest BCUT2D eigenvalue weighted by Crippen LogP contribution is -2.20. The van der Waals surface area contributed by atoms with Gasteiger partial charge in [0.15, 0.2) is 5.82 Å². The lowest BCUT2D eigenvalue weighted by molar-refractivity contribution is 0.262. The van der Waals surface area contributed by atoms with Gasteiger partial charge in [0.25, 0.3) is 0 Å². The summed E-state index contributed by atoms with van der Waals surface area (Å²) < 4.78 is 5.27. The maximum Gasteiger partial charge on any atom is 0.323 e. The minimum Gasteiger partial charge on any atom is -0.495 e. The summed E-state index contributed by atoms with van der Waals surface area (Å²) in [6, 6.07) is 14.6. The molecule has 1 fully saturated rings. The quantitative estimate of drug-likeness (QED) is 0.676. The second-order valence-electron chi connectivity index (χ2n) is 6.78. The van der Waals surface area contributed by atoms with Crippen molar-refractivity contribution in [2.24, 2.45) is 0 Å². The van der Waals surface area contributed by atoms with Crippen molar-refractivity contribution >= 4 is 23.2 Å². The minimum absolute atomic E-state index is 0.342. The van der Waals surface area contributed by atoms with Gasteiger partial charge in [-0.05, 0) is 37.1 Å². The Labute approximate surface area is 169 Å². The zero-order valence-corrected chi connectivity index (χ0v) is 16.3. The molecule has 1 aliphatic rings. The first-order valence-corrected chi connectivity index (χ1v) is 9.62. The van der Waals surface area contributed by atoms with Crippen LogP contribution in [0.1, 0.15) is 12.8 Å². The number of anilines is 3. The highest BCUT2D eigenvalue weighted by molar-refractivity contribution is 6.01. The third kappa shape index (κ3) is 4.29. The van der Waals surface area contributed by atoms with Crippen molar-refractivity contribution in [3.05, 3.63) is 60.9 Å². The van der Waals surface area contributed by atoms with E-state index in [-0.39, 0.29) is 6.03 Å². The number of hydrogen-bond donors (Lipinski definition) is 2. The van der Waals surface area contributed by atoms with E-state index in [9.17, 15) is 4.79 Å². The number of rotatable bonds is 5. The number of carbonyl (C=O) groups excluding carboxylic acids is 1. The topological polar surface area (TPSA) is 79.4 Å². The molecule has 148 valence electrons. The normalized spacial score (nSPS) is 13.2. The van der Waals surface area contributed by atoms with Crippen LogP contribution < -0.4 is 20.3 Å². The van der Waals surface area contributed by atoms with Crippen molar-refractivity contribution in [1.29, 1.82) is 0 Å². The molecule has 0 spiro atoms. The summed E-state index contributed by atoms with van der Waals surface area (Å²) in [5.74, 6) is 1.49. The van der Waals surface area contributed by atoms with Gasteiger partial charge in [-0.3, -0.25) is 4.98 Å². The first-order chi connectivity index (χ1) is 14.2. The lowest BCUT2D eigenvalue weighted by Gasteiger charge is -2.19. The third-order valence-corrected chi connectivity index (χ3v) is 4.83. The van der Waals surface area contributed by atoms with Crippen LogP contribution in [0.5, 0.6) is 5.75 Å². The van der Waals surface area contributed by atoms with E-state index in [0.29, 0.717) is 17.1 Å². The molecule has 0 radical (unpaired) electrons. The highest BCUT2D eigenvalue weighted by atomic mass is 16.5. The van der Waals surface area contributed by atoms with Crippen LogP contribution in [0.15, 0.2) is 60.9 Å². The molecular weight excluding hydrogens is 366 g/mol. The first kappa shape index (κ1) is 18.7. The number of hydrogen-bond acceptors (Lipinski definition) is 5. The van der Waals surface area contributed by atoms with E-state index >= 15 is 0 Å². The highest BCUT2D eigenvalue weighted by Crippen LogP contribution is 2.30. The average Bonchev–Trinajstić information content (AvgIpc) is 3.29. The largest absolute Gasteiger partial charge is 0.495 e. The predicted octanol–water partition coefficient (Wildman–Crippen LogP) is 4.40. The Bertz CT molecular complexity index is 1000. The molecule has 7 heteroatoms. The highest BCUT2D eigenvalue weighted by Gasteiger charge is 2.19. The van der Waals surface area contributed by atoms with Crippen LogP contribution in [0.25, 0.3) is 11.3 Å². The molecule has 0 unspecified atom stereocenters. The molecule has 0 aliphatic carbocycles. The Morgan fingerprint density at radius 1 is 1.00 bits per heavy atom. The number of amides is 2. The number of urea groups is 1. The summed E-state index contributed by atoms with van der Waals surface area (Å²) in [7, 11) is 1.57. The average molecular weight is 389 g/mol. The van der Waals surface area contributed by atoms with E-state index < -0.39 is 0 Å². The first-order valence-electron chi connectivity index (χ1n) is 9.62. The Morgan fingerprint density at radius 3 is 2.62 bits per heavy atom. The monoisotopic (exact) mass is 389 g/mol. The Morgan fingerprint density at radius 2 is 1.79 bits per heavy atom. The molecule has 2 heterocycles. The molecule has 3 aromatic rings. The molecule has 0 atom stereocenters. The number of carbonyl (C=O) groups is 1. The van der Waals surface area contributed by atoms with Gasteiger partial charge >= 0.3 is 6.03 Å². The Kier molecular flexibility index (Phi) is 5.56. The second-order valence-corrected chi connectivity index (χ2v) is 6.78. The summed E-state index contributed by atoms with van der Waals surface area (Å²) in [4.78, 5) is 23.8. The van der Waals surface area contributed by atoms with Crippen LogP contribution in [0.3, 0.4) is 0 Å². The molecule has 0 bridgehead atoms. The molecule has 2 aromatic carbocycles. The smallest absolute Gasteiger partial charge is 0.323 e. The molecular formula is C22H23N5O2. The van der Waals surface area contributed by atoms with E-state index in [1.807, 2.05) is 36.4 Å². The second kappa shape index (κ2) is 8.60. The van der Waals surface area contributed by atoms with Gasteiger partial charge in [0.05, 0.1) is 12.8 Å². The van der Waals surface area contributed by atoms with E-state index in [1.54, 1.807) is 31.6 Å². The van der Waals surface area contributed by atoms with Crippen molar-refractivity contribution < 1.29 is 9.53 Å². The third-order valence-electron chi connectivity index (χ3n) is 4.83. The molecule has 1 saturated heterocycles. The summed E-state index contributed by atoms with van der Waals surface area (Å²) in [5.41, 5.74) is 3.01. The summed E-state index contributed by atoms with van der Waals surface area (Å²) in [5, 5.41) is 5.69. The maximum atomic E-state index is 12.5. The number of methoxy groups -OCH3 is 1. The van der Waals surface area contributed by atoms with Crippen LogP contribution in [-0.2, 0) is 0 Å². The fraction of sp³-hybridized carbons (Fsp3) is 0.227. The van der Waals surface area contributed by atoms with Gasteiger partial charge < -0.3 is 20.3 Å². The summed E-state index contributed by atoms with van der Waals surface area (Å²) in [6.07, 6.45) is 5.75. The fourth-order valence-corrected chi connectivity index (χ4v) is 3.47. The zero-order chi connectivity index (χ0) is 20.1. The van der Waals surface area contributed by atoms with Gasteiger partial charge in [0.2, 0.25) is 0 Å². The number of benzene rings is 2. The van der Waals surface area contributed by atoms with Crippen molar-refractivity contribution in [3.8, 4) is 17.0 Å². The number of ether oxygens (including phenoxy) is 1. The van der Waals surface area contributed by atoms with Crippen LogP contribution in [0, 0.1) is 0 Å². The molecule has 7 nitrogen and oxygen atoms in total. The number of nitrogens with zero attached hydrogens (tertiary/aromatic N) is 3. The van der Waals surface area contributed by atoms with E-state index in [4.69, 9.17) is 4.74 Å². The fourth-order valence-electron chi connectivity index (χ4n) is 3.47. The van der Waals surface area contributed by atoms with Crippen LogP contribution >= 0.6 is 0 Å². The van der Waals surface area contributed by atoms with E-state index in [0.717, 1.165) is 30.2 Å².